The first-order valence-corrected chi connectivity index (χ1v) is 6.84. The van der Waals surface area contributed by atoms with Gasteiger partial charge in [-0.15, -0.1) is 0 Å². The lowest BCUT2D eigenvalue weighted by molar-refractivity contribution is 0.316. The van der Waals surface area contributed by atoms with Gasteiger partial charge in [0.2, 0.25) is 0 Å². The van der Waals surface area contributed by atoms with Gasteiger partial charge in [0.15, 0.2) is 0 Å². The van der Waals surface area contributed by atoms with Crippen LogP contribution in [0.4, 0.5) is 0 Å². The summed E-state index contributed by atoms with van der Waals surface area (Å²) in [5.74, 6) is 0.934. The molecule has 19 heavy (non-hydrogen) atoms. The Hall–Kier alpha value is -1.06. The second-order valence-corrected chi connectivity index (χ2v) is 6.24. The first-order chi connectivity index (χ1) is 8.73. The summed E-state index contributed by atoms with van der Waals surface area (Å²) in [6.07, 6.45) is 0.886. The van der Waals surface area contributed by atoms with Gasteiger partial charge in [-0.05, 0) is 67.5 Å². The maximum absolute atomic E-state index is 6.42. The van der Waals surface area contributed by atoms with Crippen LogP contribution in [-0.4, -0.2) is 13.7 Å². The van der Waals surface area contributed by atoms with Gasteiger partial charge in [0.05, 0.1) is 7.11 Å². The highest BCUT2D eigenvalue weighted by Crippen LogP contribution is 2.35. The van der Waals surface area contributed by atoms with Gasteiger partial charge < -0.3 is 16.2 Å². The van der Waals surface area contributed by atoms with Gasteiger partial charge in [-0.1, -0.05) is 13.8 Å². The normalized spacial score (nSPS) is 13.5. The molecule has 0 fully saturated rings. The number of ether oxygens (including phenoxy) is 1. The van der Waals surface area contributed by atoms with Gasteiger partial charge in [0.25, 0.3) is 0 Å². The largest absolute Gasteiger partial charge is 0.496 e. The molecule has 1 unspecified atom stereocenters. The molecule has 0 aliphatic rings. The molecule has 0 aliphatic heterocycles. The van der Waals surface area contributed by atoms with Crippen molar-refractivity contribution >= 4 is 0 Å². The first kappa shape index (κ1) is 16.0. The monoisotopic (exact) mass is 264 g/mol. The first-order valence-electron chi connectivity index (χ1n) is 6.84. The lowest BCUT2D eigenvalue weighted by Gasteiger charge is -2.29. The fourth-order valence-electron chi connectivity index (χ4n) is 2.63. The van der Waals surface area contributed by atoms with Crippen molar-refractivity contribution in [2.45, 2.75) is 47.1 Å². The van der Waals surface area contributed by atoms with E-state index < -0.39 is 0 Å². The Balaban J connectivity index is 3.17. The van der Waals surface area contributed by atoms with Crippen molar-refractivity contribution < 1.29 is 4.74 Å². The van der Waals surface area contributed by atoms with E-state index in [-0.39, 0.29) is 11.5 Å². The molecule has 0 spiro atoms. The lowest BCUT2D eigenvalue weighted by atomic mass is 9.81. The topological polar surface area (TPSA) is 61.3 Å². The molecular formula is C16H28N2O. The van der Waals surface area contributed by atoms with Gasteiger partial charge in [-0.2, -0.15) is 0 Å². The summed E-state index contributed by atoms with van der Waals surface area (Å²) in [7, 11) is 1.71. The minimum Gasteiger partial charge on any atom is -0.496 e. The number of hydrogen-bond acceptors (Lipinski definition) is 3. The van der Waals surface area contributed by atoms with E-state index in [0.29, 0.717) is 6.54 Å². The lowest BCUT2D eigenvalue weighted by Crippen LogP contribution is -2.29. The number of rotatable bonds is 5. The Morgan fingerprint density at radius 2 is 1.79 bits per heavy atom. The number of aryl methyl sites for hydroxylation is 1. The van der Waals surface area contributed by atoms with E-state index >= 15 is 0 Å². The Kier molecular flexibility index (Phi) is 4.99. The summed E-state index contributed by atoms with van der Waals surface area (Å²) in [5, 5.41) is 0. The maximum atomic E-state index is 6.42. The standard InChI is InChI=1S/C16H28N2O/c1-10-7-14(19-6)11(2)12(3)15(10)13(18)8-16(4,5)9-17/h7,13H,8-9,17-18H2,1-6H3. The molecule has 0 amide bonds. The van der Waals surface area contributed by atoms with Crippen LogP contribution >= 0.6 is 0 Å². The van der Waals surface area contributed by atoms with Gasteiger partial charge in [0, 0.05) is 6.04 Å². The molecule has 3 nitrogen and oxygen atoms in total. The molecule has 1 aromatic rings. The Morgan fingerprint density at radius 1 is 1.21 bits per heavy atom. The quantitative estimate of drug-likeness (QED) is 0.859. The van der Waals surface area contributed by atoms with Crippen LogP contribution in [0, 0.1) is 26.2 Å². The van der Waals surface area contributed by atoms with Crippen molar-refractivity contribution in [2.75, 3.05) is 13.7 Å². The van der Waals surface area contributed by atoms with Gasteiger partial charge in [-0.25, -0.2) is 0 Å². The maximum Gasteiger partial charge on any atom is 0.122 e. The van der Waals surface area contributed by atoms with E-state index in [2.05, 4.69) is 40.7 Å². The summed E-state index contributed by atoms with van der Waals surface area (Å²) in [6, 6.07) is 2.09. The van der Waals surface area contributed by atoms with Gasteiger partial charge in [0.1, 0.15) is 5.75 Å². The molecule has 0 saturated carbocycles. The minimum atomic E-state index is 0.0168. The Bertz CT molecular complexity index is 453. The number of methoxy groups -OCH3 is 1. The third-order valence-corrected chi connectivity index (χ3v) is 4.02. The van der Waals surface area contributed by atoms with E-state index in [1.807, 2.05) is 0 Å². The molecular weight excluding hydrogens is 236 g/mol. The molecule has 0 aliphatic carbocycles. The molecule has 108 valence electrons. The summed E-state index contributed by atoms with van der Waals surface area (Å²) >= 11 is 0. The molecule has 1 rings (SSSR count). The number of benzene rings is 1. The molecule has 3 heteroatoms. The Morgan fingerprint density at radius 3 is 2.26 bits per heavy atom. The molecule has 1 aromatic carbocycles. The van der Waals surface area contributed by atoms with Crippen LogP contribution in [-0.2, 0) is 0 Å². The SMILES string of the molecule is COc1cc(C)c(C(N)CC(C)(C)CN)c(C)c1C. The van der Waals surface area contributed by atoms with Crippen molar-refractivity contribution in [3.8, 4) is 5.75 Å². The van der Waals surface area contributed by atoms with Crippen LogP contribution in [0.15, 0.2) is 6.07 Å². The molecule has 0 heterocycles. The summed E-state index contributed by atoms with van der Waals surface area (Å²) in [5.41, 5.74) is 17.1. The summed E-state index contributed by atoms with van der Waals surface area (Å²) in [4.78, 5) is 0. The highest BCUT2D eigenvalue weighted by molar-refractivity contribution is 5.49. The van der Waals surface area contributed by atoms with E-state index in [1.54, 1.807) is 7.11 Å². The van der Waals surface area contributed by atoms with E-state index in [0.717, 1.165) is 12.2 Å². The summed E-state index contributed by atoms with van der Waals surface area (Å²) in [6.45, 7) is 11.3. The van der Waals surface area contributed by atoms with Gasteiger partial charge >= 0.3 is 0 Å². The van der Waals surface area contributed by atoms with Crippen molar-refractivity contribution in [1.29, 1.82) is 0 Å². The van der Waals surface area contributed by atoms with Gasteiger partial charge in [-0.3, -0.25) is 0 Å². The fourth-order valence-corrected chi connectivity index (χ4v) is 2.63. The molecule has 0 saturated heterocycles. The predicted molar refractivity (Wildman–Crippen MR) is 81.6 cm³/mol. The van der Waals surface area contributed by atoms with Crippen molar-refractivity contribution in [2.24, 2.45) is 16.9 Å². The third kappa shape index (κ3) is 3.48. The van der Waals surface area contributed by atoms with E-state index in [4.69, 9.17) is 16.2 Å². The highest BCUT2D eigenvalue weighted by atomic mass is 16.5. The molecule has 4 N–H and O–H groups in total. The molecule has 0 bridgehead atoms. The van der Waals surface area contributed by atoms with Crippen LogP contribution in [0.3, 0.4) is 0 Å². The molecule has 1 atom stereocenters. The van der Waals surface area contributed by atoms with E-state index in [9.17, 15) is 0 Å². The zero-order valence-electron chi connectivity index (χ0n) is 13.1. The van der Waals surface area contributed by atoms with Crippen molar-refractivity contribution in [3.63, 3.8) is 0 Å². The second kappa shape index (κ2) is 5.93. The van der Waals surface area contributed by atoms with Crippen molar-refractivity contribution in [3.05, 3.63) is 28.3 Å². The Labute approximate surface area is 117 Å². The average Bonchev–Trinajstić information content (AvgIpc) is 2.33. The van der Waals surface area contributed by atoms with Crippen LogP contribution in [0.2, 0.25) is 0 Å². The highest BCUT2D eigenvalue weighted by Gasteiger charge is 2.24. The van der Waals surface area contributed by atoms with Crippen LogP contribution in [0.25, 0.3) is 0 Å². The average molecular weight is 264 g/mol. The second-order valence-electron chi connectivity index (χ2n) is 6.24. The molecule has 0 aromatic heterocycles. The van der Waals surface area contributed by atoms with Crippen LogP contribution < -0.4 is 16.2 Å². The minimum absolute atomic E-state index is 0.0168. The number of hydrogen-bond donors (Lipinski definition) is 2. The molecule has 0 radical (unpaired) electrons. The zero-order chi connectivity index (χ0) is 14.8. The fraction of sp³-hybridized carbons (Fsp3) is 0.625. The van der Waals surface area contributed by atoms with Crippen LogP contribution in [0.5, 0.6) is 5.75 Å². The number of nitrogens with two attached hydrogens (primary N) is 2. The van der Waals surface area contributed by atoms with E-state index in [1.165, 1.54) is 22.3 Å². The smallest absolute Gasteiger partial charge is 0.122 e. The predicted octanol–water partition coefficient (Wildman–Crippen LogP) is 3.00. The zero-order valence-corrected chi connectivity index (χ0v) is 13.1. The van der Waals surface area contributed by atoms with Crippen LogP contribution in [0.1, 0.15) is 48.6 Å². The summed E-state index contributed by atoms with van der Waals surface area (Å²) < 4.78 is 5.40. The van der Waals surface area contributed by atoms with Crippen molar-refractivity contribution in [1.82, 2.24) is 0 Å². The third-order valence-electron chi connectivity index (χ3n) is 4.02.